The Balaban J connectivity index is 1.73. The Bertz CT molecular complexity index is 927. The predicted octanol–water partition coefficient (Wildman–Crippen LogP) is 2.43. The molecule has 0 fully saturated rings. The summed E-state index contributed by atoms with van der Waals surface area (Å²) < 4.78 is 20.7. The van der Waals surface area contributed by atoms with Crippen LogP contribution in [0.5, 0.6) is 5.75 Å². The van der Waals surface area contributed by atoms with Crippen LogP contribution in [0.15, 0.2) is 65.7 Å². The van der Waals surface area contributed by atoms with E-state index >= 15 is 0 Å². The first kappa shape index (κ1) is 16.5. The number of carbonyl (C=O) groups is 1. The number of nitrogens with zero attached hydrogens (tertiary/aromatic N) is 2. The van der Waals surface area contributed by atoms with Crippen LogP contribution in [0.4, 0.5) is 10.1 Å². The SMILES string of the molecule is COc1ccc(-n2ccn(CC(=O)Nc3ccc(F)cc3)c2=O)cc1. The van der Waals surface area contributed by atoms with E-state index in [1.165, 1.54) is 39.6 Å². The zero-order chi connectivity index (χ0) is 17.8. The molecular formula is C18H16FN3O3. The molecule has 0 radical (unpaired) electrons. The Morgan fingerprint density at radius 2 is 1.76 bits per heavy atom. The maximum absolute atomic E-state index is 12.9. The minimum Gasteiger partial charge on any atom is -0.497 e. The van der Waals surface area contributed by atoms with Gasteiger partial charge in [0.2, 0.25) is 5.91 Å². The number of nitrogens with one attached hydrogen (secondary N) is 1. The van der Waals surface area contributed by atoms with E-state index in [1.54, 1.807) is 37.6 Å². The van der Waals surface area contributed by atoms with Gasteiger partial charge in [-0.3, -0.25) is 13.9 Å². The maximum Gasteiger partial charge on any atom is 0.333 e. The number of benzene rings is 2. The van der Waals surface area contributed by atoms with Gasteiger partial charge < -0.3 is 10.1 Å². The molecule has 1 amide bonds. The number of aromatic nitrogens is 2. The fourth-order valence-electron chi connectivity index (χ4n) is 2.36. The molecule has 1 N–H and O–H groups in total. The Morgan fingerprint density at radius 1 is 1.08 bits per heavy atom. The lowest BCUT2D eigenvalue weighted by Crippen LogP contribution is -2.28. The molecule has 128 valence electrons. The van der Waals surface area contributed by atoms with Crippen LogP contribution in [0.3, 0.4) is 0 Å². The summed E-state index contributed by atoms with van der Waals surface area (Å²) in [4.78, 5) is 24.5. The van der Waals surface area contributed by atoms with Crippen LogP contribution in [-0.4, -0.2) is 22.2 Å². The van der Waals surface area contributed by atoms with Crippen molar-refractivity contribution in [2.75, 3.05) is 12.4 Å². The van der Waals surface area contributed by atoms with Crippen molar-refractivity contribution >= 4 is 11.6 Å². The van der Waals surface area contributed by atoms with Crippen molar-refractivity contribution in [2.45, 2.75) is 6.54 Å². The summed E-state index contributed by atoms with van der Waals surface area (Å²) in [6.45, 7) is -0.140. The van der Waals surface area contributed by atoms with Crippen molar-refractivity contribution in [3.63, 3.8) is 0 Å². The van der Waals surface area contributed by atoms with E-state index in [0.717, 1.165) is 0 Å². The first-order chi connectivity index (χ1) is 12.1. The van der Waals surface area contributed by atoms with Gasteiger partial charge >= 0.3 is 5.69 Å². The Kier molecular flexibility index (Phi) is 4.65. The third kappa shape index (κ3) is 3.77. The van der Waals surface area contributed by atoms with Gasteiger partial charge in [-0.05, 0) is 48.5 Å². The highest BCUT2D eigenvalue weighted by molar-refractivity contribution is 5.90. The topological polar surface area (TPSA) is 65.3 Å². The van der Waals surface area contributed by atoms with Gasteiger partial charge in [0.25, 0.3) is 0 Å². The van der Waals surface area contributed by atoms with Crippen LogP contribution in [-0.2, 0) is 11.3 Å². The highest BCUT2D eigenvalue weighted by Gasteiger charge is 2.10. The largest absolute Gasteiger partial charge is 0.497 e. The summed E-state index contributed by atoms with van der Waals surface area (Å²) in [5.41, 5.74) is 0.803. The zero-order valence-electron chi connectivity index (χ0n) is 13.5. The third-order valence-corrected chi connectivity index (χ3v) is 3.64. The van der Waals surface area contributed by atoms with Gasteiger partial charge in [0.05, 0.1) is 12.8 Å². The molecule has 0 bridgehead atoms. The van der Waals surface area contributed by atoms with Crippen LogP contribution in [0.1, 0.15) is 0 Å². The van der Waals surface area contributed by atoms with E-state index in [4.69, 9.17) is 4.74 Å². The number of rotatable bonds is 5. The number of halogens is 1. The van der Waals surface area contributed by atoms with Crippen LogP contribution < -0.4 is 15.7 Å². The molecule has 6 nitrogen and oxygen atoms in total. The normalized spacial score (nSPS) is 10.5. The van der Waals surface area contributed by atoms with E-state index in [1.807, 2.05) is 0 Å². The van der Waals surface area contributed by atoms with E-state index < -0.39 is 0 Å². The summed E-state index contributed by atoms with van der Waals surface area (Å²) in [5, 5.41) is 2.62. The van der Waals surface area contributed by atoms with Crippen molar-refractivity contribution in [3.8, 4) is 11.4 Å². The number of hydrogen-bond donors (Lipinski definition) is 1. The molecule has 0 atom stereocenters. The lowest BCUT2D eigenvalue weighted by atomic mass is 10.3. The molecule has 0 spiro atoms. The van der Waals surface area contributed by atoms with Crippen molar-refractivity contribution in [1.29, 1.82) is 0 Å². The Morgan fingerprint density at radius 3 is 2.40 bits per heavy atom. The average Bonchev–Trinajstić information content (AvgIpc) is 2.97. The molecule has 0 saturated carbocycles. The first-order valence-corrected chi connectivity index (χ1v) is 7.54. The second-order valence-electron chi connectivity index (χ2n) is 5.33. The van der Waals surface area contributed by atoms with Crippen LogP contribution >= 0.6 is 0 Å². The molecular weight excluding hydrogens is 325 g/mol. The van der Waals surface area contributed by atoms with E-state index in [2.05, 4.69) is 5.32 Å². The third-order valence-electron chi connectivity index (χ3n) is 3.64. The highest BCUT2D eigenvalue weighted by atomic mass is 19.1. The van der Waals surface area contributed by atoms with Gasteiger partial charge in [0.1, 0.15) is 18.1 Å². The standard InChI is InChI=1S/C18H16FN3O3/c1-25-16-8-6-15(7-9-16)22-11-10-21(18(22)24)12-17(23)20-14-4-2-13(19)3-5-14/h2-11H,12H2,1H3,(H,20,23). The summed E-state index contributed by atoms with van der Waals surface area (Å²) in [6, 6.07) is 12.4. The fourth-order valence-corrected chi connectivity index (χ4v) is 2.36. The molecule has 25 heavy (non-hydrogen) atoms. The van der Waals surface area contributed by atoms with Crippen LogP contribution in [0.2, 0.25) is 0 Å². The monoisotopic (exact) mass is 341 g/mol. The number of anilines is 1. The molecule has 7 heteroatoms. The average molecular weight is 341 g/mol. The van der Waals surface area contributed by atoms with E-state index in [0.29, 0.717) is 17.1 Å². The number of ether oxygens (including phenoxy) is 1. The molecule has 0 unspecified atom stereocenters. The van der Waals surface area contributed by atoms with Gasteiger partial charge in [-0.2, -0.15) is 0 Å². The van der Waals surface area contributed by atoms with Crippen molar-refractivity contribution in [3.05, 3.63) is 77.2 Å². The quantitative estimate of drug-likeness (QED) is 0.775. The van der Waals surface area contributed by atoms with Gasteiger partial charge in [-0.25, -0.2) is 9.18 Å². The minimum atomic E-state index is -0.384. The van der Waals surface area contributed by atoms with Crippen LogP contribution in [0.25, 0.3) is 5.69 Å². The predicted molar refractivity (Wildman–Crippen MR) is 91.6 cm³/mol. The Hall–Kier alpha value is -3.35. The summed E-state index contributed by atoms with van der Waals surface area (Å²) in [6.07, 6.45) is 3.13. The van der Waals surface area contributed by atoms with Gasteiger partial charge in [-0.1, -0.05) is 0 Å². The van der Waals surface area contributed by atoms with Gasteiger partial charge in [0, 0.05) is 18.1 Å². The number of imidazole rings is 1. The van der Waals surface area contributed by atoms with Crippen LogP contribution in [0, 0.1) is 5.82 Å². The van der Waals surface area contributed by atoms with E-state index in [-0.39, 0.29) is 24.0 Å². The van der Waals surface area contributed by atoms with Crippen molar-refractivity contribution in [1.82, 2.24) is 9.13 Å². The van der Waals surface area contributed by atoms with Crippen molar-refractivity contribution in [2.24, 2.45) is 0 Å². The number of methoxy groups -OCH3 is 1. The molecule has 3 aromatic rings. The molecule has 0 saturated heterocycles. The highest BCUT2D eigenvalue weighted by Crippen LogP contribution is 2.13. The number of hydrogen-bond acceptors (Lipinski definition) is 3. The van der Waals surface area contributed by atoms with Crippen molar-refractivity contribution < 1.29 is 13.9 Å². The smallest absolute Gasteiger partial charge is 0.333 e. The lowest BCUT2D eigenvalue weighted by Gasteiger charge is -2.06. The lowest BCUT2D eigenvalue weighted by molar-refractivity contribution is -0.116. The summed E-state index contributed by atoms with van der Waals surface area (Å²) >= 11 is 0. The molecule has 2 aromatic carbocycles. The molecule has 1 aromatic heterocycles. The molecule has 0 aliphatic carbocycles. The van der Waals surface area contributed by atoms with E-state index in [9.17, 15) is 14.0 Å². The first-order valence-electron chi connectivity index (χ1n) is 7.54. The molecule has 0 aliphatic rings. The number of amides is 1. The Labute approximate surface area is 143 Å². The minimum absolute atomic E-state index is 0.140. The molecule has 0 aliphatic heterocycles. The number of carbonyl (C=O) groups excluding carboxylic acids is 1. The van der Waals surface area contributed by atoms with Gasteiger partial charge in [0.15, 0.2) is 0 Å². The zero-order valence-corrected chi connectivity index (χ0v) is 13.5. The fraction of sp³-hybridized carbons (Fsp3) is 0.111. The van der Waals surface area contributed by atoms with Gasteiger partial charge in [-0.15, -0.1) is 0 Å². The maximum atomic E-state index is 12.9. The second kappa shape index (κ2) is 7.04. The molecule has 1 heterocycles. The summed E-state index contributed by atoms with van der Waals surface area (Å²) in [7, 11) is 1.57. The second-order valence-corrected chi connectivity index (χ2v) is 5.33. The molecule has 3 rings (SSSR count). The summed E-state index contributed by atoms with van der Waals surface area (Å²) in [5.74, 6) is -0.0677.